The van der Waals surface area contributed by atoms with Crippen molar-refractivity contribution in [3.63, 3.8) is 0 Å². The minimum absolute atomic E-state index is 0.0900. The van der Waals surface area contributed by atoms with Crippen LogP contribution < -0.4 is 0 Å². The standard InChI is InChI=1S/C13H27NO2/c1-4-11(2)14(8-9-16-3)12-6-5-7-13(15)10-12/h11-13,15H,4-10H2,1-3H3. The summed E-state index contributed by atoms with van der Waals surface area (Å²) in [4.78, 5) is 2.52. The summed E-state index contributed by atoms with van der Waals surface area (Å²) in [6.07, 6.45) is 5.38. The molecule has 3 atom stereocenters. The van der Waals surface area contributed by atoms with Gasteiger partial charge in [0.1, 0.15) is 0 Å². The highest BCUT2D eigenvalue weighted by molar-refractivity contribution is 4.82. The molecule has 16 heavy (non-hydrogen) atoms. The number of hydrogen-bond donors (Lipinski definition) is 1. The van der Waals surface area contributed by atoms with E-state index in [1.165, 1.54) is 6.42 Å². The number of hydrogen-bond acceptors (Lipinski definition) is 3. The lowest BCUT2D eigenvalue weighted by Crippen LogP contribution is -2.46. The molecule has 0 amide bonds. The van der Waals surface area contributed by atoms with Gasteiger partial charge in [0.05, 0.1) is 12.7 Å². The lowest BCUT2D eigenvalue weighted by atomic mass is 9.91. The summed E-state index contributed by atoms with van der Waals surface area (Å²) in [6.45, 7) is 6.28. The van der Waals surface area contributed by atoms with Crippen molar-refractivity contribution in [2.24, 2.45) is 0 Å². The first kappa shape index (κ1) is 13.9. The van der Waals surface area contributed by atoms with Crippen LogP contribution in [0.4, 0.5) is 0 Å². The maximum Gasteiger partial charge on any atom is 0.0589 e. The van der Waals surface area contributed by atoms with E-state index in [9.17, 15) is 5.11 Å². The summed E-state index contributed by atoms with van der Waals surface area (Å²) >= 11 is 0. The highest BCUT2D eigenvalue weighted by Crippen LogP contribution is 2.25. The number of ether oxygens (including phenoxy) is 1. The van der Waals surface area contributed by atoms with E-state index in [1.54, 1.807) is 7.11 Å². The summed E-state index contributed by atoms with van der Waals surface area (Å²) in [7, 11) is 1.75. The van der Waals surface area contributed by atoms with E-state index in [0.717, 1.165) is 38.8 Å². The molecule has 1 N–H and O–H groups in total. The number of aliphatic hydroxyl groups excluding tert-OH is 1. The zero-order valence-corrected chi connectivity index (χ0v) is 11.0. The van der Waals surface area contributed by atoms with E-state index in [-0.39, 0.29) is 6.10 Å². The van der Waals surface area contributed by atoms with Crippen LogP contribution in [0.15, 0.2) is 0 Å². The van der Waals surface area contributed by atoms with Crippen molar-refractivity contribution in [2.75, 3.05) is 20.3 Å². The second-order valence-corrected chi connectivity index (χ2v) is 4.96. The molecule has 1 aliphatic carbocycles. The normalized spacial score (nSPS) is 28.3. The monoisotopic (exact) mass is 229 g/mol. The molecule has 1 rings (SSSR count). The first-order valence-electron chi connectivity index (χ1n) is 6.61. The molecule has 1 fully saturated rings. The Morgan fingerprint density at radius 1 is 1.44 bits per heavy atom. The van der Waals surface area contributed by atoms with Crippen LogP contribution in [0, 0.1) is 0 Å². The zero-order chi connectivity index (χ0) is 12.0. The molecular formula is C13H27NO2. The van der Waals surface area contributed by atoms with Crippen LogP contribution in [0.1, 0.15) is 46.0 Å². The van der Waals surface area contributed by atoms with Crippen molar-refractivity contribution in [3.8, 4) is 0 Å². The molecule has 3 unspecified atom stereocenters. The summed E-state index contributed by atoms with van der Waals surface area (Å²) in [5, 5.41) is 9.75. The fourth-order valence-electron chi connectivity index (χ4n) is 2.63. The third kappa shape index (κ3) is 4.04. The quantitative estimate of drug-likeness (QED) is 0.756. The second-order valence-electron chi connectivity index (χ2n) is 4.96. The number of rotatable bonds is 6. The van der Waals surface area contributed by atoms with Gasteiger partial charge < -0.3 is 9.84 Å². The Labute approximate surface area is 99.8 Å². The van der Waals surface area contributed by atoms with Gasteiger partial charge in [0.25, 0.3) is 0 Å². The average Bonchev–Trinajstić information content (AvgIpc) is 2.29. The van der Waals surface area contributed by atoms with Gasteiger partial charge in [-0.1, -0.05) is 6.92 Å². The van der Waals surface area contributed by atoms with Crippen LogP contribution in [0.5, 0.6) is 0 Å². The molecule has 0 radical (unpaired) electrons. The van der Waals surface area contributed by atoms with Gasteiger partial charge in [-0.25, -0.2) is 0 Å². The Balaban J connectivity index is 2.52. The van der Waals surface area contributed by atoms with Gasteiger partial charge in [0.2, 0.25) is 0 Å². The Morgan fingerprint density at radius 2 is 2.19 bits per heavy atom. The maximum absolute atomic E-state index is 9.75. The molecule has 3 nitrogen and oxygen atoms in total. The smallest absolute Gasteiger partial charge is 0.0589 e. The van der Waals surface area contributed by atoms with Gasteiger partial charge >= 0.3 is 0 Å². The Morgan fingerprint density at radius 3 is 2.75 bits per heavy atom. The molecule has 0 bridgehead atoms. The number of aliphatic hydroxyl groups is 1. The van der Waals surface area contributed by atoms with Gasteiger partial charge in [-0.3, -0.25) is 4.90 Å². The van der Waals surface area contributed by atoms with Crippen LogP contribution in [-0.2, 0) is 4.74 Å². The van der Waals surface area contributed by atoms with E-state index in [4.69, 9.17) is 4.74 Å². The van der Waals surface area contributed by atoms with E-state index in [1.807, 2.05) is 0 Å². The molecule has 0 aromatic rings. The lowest BCUT2D eigenvalue weighted by molar-refractivity contribution is 0.0279. The Hall–Kier alpha value is -0.120. The highest BCUT2D eigenvalue weighted by Gasteiger charge is 2.27. The van der Waals surface area contributed by atoms with E-state index in [0.29, 0.717) is 12.1 Å². The Kier molecular flexibility index (Phi) is 6.32. The SMILES string of the molecule is CCC(C)N(CCOC)C1CCCC(O)C1. The molecular weight excluding hydrogens is 202 g/mol. The fourth-order valence-corrected chi connectivity index (χ4v) is 2.63. The zero-order valence-electron chi connectivity index (χ0n) is 11.0. The maximum atomic E-state index is 9.75. The van der Waals surface area contributed by atoms with Crippen molar-refractivity contribution in [1.82, 2.24) is 4.90 Å². The van der Waals surface area contributed by atoms with Gasteiger partial charge in [0, 0.05) is 25.7 Å². The van der Waals surface area contributed by atoms with Gasteiger partial charge in [-0.15, -0.1) is 0 Å². The van der Waals surface area contributed by atoms with Gasteiger partial charge in [0.15, 0.2) is 0 Å². The van der Waals surface area contributed by atoms with Crippen LogP contribution in [-0.4, -0.2) is 48.5 Å². The van der Waals surface area contributed by atoms with Crippen LogP contribution >= 0.6 is 0 Å². The lowest BCUT2D eigenvalue weighted by Gasteiger charge is -2.39. The van der Waals surface area contributed by atoms with Gasteiger partial charge in [-0.05, 0) is 39.0 Å². The first-order valence-corrected chi connectivity index (χ1v) is 6.61. The molecule has 0 saturated heterocycles. The van der Waals surface area contributed by atoms with Crippen molar-refractivity contribution < 1.29 is 9.84 Å². The molecule has 0 aromatic heterocycles. The minimum Gasteiger partial charge on any atom is -0.393 e. The summed E-state index contributed by atoms with van der Waals surface area (Å²) in [5.74, 6) is 0. The summed E-state index contributed by atoms with van der Waals surface area (Å²) < 4.78 is 5.18. The second kappa shape index (κ2) is 7.25. The minimum atomic E-state index is -0.0900. The highest BCUT2D eigenvalue weighted by atomic mass is 16.5. The molecule has 0 spiro atoms. The largest absolute Gasteiger partial charge is 0.393 e. The average molecular weight is 229 g/mol. The molecule has 0 aliphatic heterocycles. The molecule has 1 saturated carbocycles. The van der Waals surface area contributed by atoms with Crippen LogP contribution in [0.2, 0.25) is 0 Å². The summed E-state index contributed by atoms with van der Waals surface area (Å²) in [6, 6.07) is 1.14. The molecule has 96 valence electrons. The van der Waals surface area contributed by atoms with Crippen molar-refractivity contribution in [3.05, 3.63) is 0 Å². The number of nitrogens with zero attached hydrogens (tertiary/aromatic N) is 1. The van der Waals surface area contributed by atoms with Crippen molar-refractivity contribution >= 4 is 0 Å². The molecule has 3 heteroatoms. The van der Waals surface area contributed by atoms with E-state index >= 15 is 0 Å². The predicted octanol–water partition coefficient (Wildman–Crippen LogP) is 2.04. The topological polar surface area (TPSA) is 32.7 Å². The van der Waals surface area contributed by atoms with Crippen molar-refractivity contribution in [2.45, 2.75) is 64.1 Å². The summed E-state index contributed by atoms with van der Waals surface area (Å²) in [5.41, 5.74) is 0. The fraction of sp³-hybridized carbons (Fsp3) is 1.00. The molecule has 0 heterocycles. The van der Waals surface area contributed by atoms with Crippen LogP contribution in [0.25, 0.3) is 0 Å². The van der Waals surface area contributed by atoms with Gasteiger partial charge in [-0.2, -0.15) is 0 Å². The third-order valence-corrected chi connectivity index (χ3v) is 3.80. The van der Waals surface area contributed by atoms with Crippen molar-refractivity contribution in [1.29, 1.82) is 0 Å². The molecule has 1 aliphatic rings. The van der Waals surface area contributed by atoms with E-state index in [2.05, 4.69) is 18.7 Å². The first-order chi connectivity index (χ1) is 7.69. The number of methoxy groups -OCH3 is 1. The van der Waals surface area contributed by atoms with Crippen LogP contribution in [0.3, 0.4) is 0 Å². The molecule has 0 aromatic carbocycles. The van der Waals surface area contributed by atoms with E-state index < -0.39 is 0 Å². The third-order valence-electron chi connectivity index (χ3n) is 3.80. The predicted molar refractivity (Wildman–Crippen MR) is 66.6 cm³/mol. The Bertz CT molecular complexity index is 187.